The van der Waals surface area contributed by atoms with Crippen LogP contribution in [0.5, 0.6) is 0 Å². The Morgan fingerprint density at radius 3 is 2.79 bits per heavy atom. The maximum Gasteiger partial charge on any atom is 0.0992 e. The van der Waals surface area contributed by atoms with Gasteiger partial charge in [-0.15, -0.1) is 11.3 Å². The summed E-state index contributed by atoms with van der Waals surface area (Å²) in [6.07, 6.45) is 6.45. The van der Waals surface area contributed by atoms with E-state index in [-0.39, 0.29) is 0 Å². The molecule has 0 saturated heterocycles. The fourth-order valence-corrected chi connectivity index (χ4v) is 4.73. The van der Waals surface area contributed by atoms with Crippen molar-refractivity contribution < 1.29 is 0 Å². The molecule has 0 bridgehead atoms. The summed E-state index contributed by atoms with van der Waals surface area (Å²) < 4.78 is 1.66. The first-order valence-corrected chi connectivity index (χ1v) is 8.87. The third-order valence-corrected chi connectivity index (χ3v) is 5.60. The molecule has 0 radical (unpaired) electrons. The summed E-state index contributed by atoms with van der Waals surface area (Å²) in [5.74, 6) is 1.52. The second-order valence-corrected chi connectivity index (χ2v) is 8.03. The van der Waals surface area contributed by atoms with Crippen molar-refractivity contribution in [3.05, 3.63) is 20.3 Å². The van der Waals surface area contributed by atoms with Gasteiger partial charge in [0.25, 0.3) is 0 Å². The predicted octanol–water partition coefficient (Wildman–Crippen LogP) is 5.92. The lowest BCUT2D eigenvalue weighted by Gasteiger charge is -2.34. The van der Waals surface area contributed by atoms with Gasteiger partial charge in [0.15, 0.2) is 0 Å². The highest BCUT2D eigenvalue weighted by Gasteiger charge is 2.29. The minimum atomic E-state index is 0.374. The molecule has 108 valence electrons. The molecule has 19 heavy (non-hydrogen) atoms. The van der Waals surface area contributed by atoms with Crippen molar-refractivity contribution in [3.63, 3.8) is 0 Å². The molecule has 1 aromatic heterocycles. The Hall–Kier alpha value is 0.240. The molecule has 0 aliphatic heterocycles. The second-order valence-electron chi connectivity index (χ2n) is 5.74. The number of halogens is 2. The van der Waals surface area contributed by atoms with Crippen LogP contribution in [-0.2, 0) is 0 Å². The molecule has 0 amide bonds. The molecule has 1 heterocycles. The van der Waals surface area contributed by atoms with E-state index >= 15 is 0 Å². The summed E-state index contributed by atoms with van der Waals surface area (Å²) in [7, 11) is 0. The van der Waals surface area contributed by atoms with Gasteiger partial charge in [0, 0.05) is 11.6 Å². The van der Waals surface area contributed by atoms with Gasteiger partial charge in [-0.2, -0.15) is 0 Å². The number of nitrogens with one attached hydrogen (secondary N) is 1. The van der Waals surface area contributed by atoms with Gasteiger partial charge in [-0.25, -0.2) is 0 Å². The Labute approximate surface area is 130 Å². The van der Waals surface area contributed by atoms with Gasteiger partial charge in [-0.3, -0.25) is 0 Å². The molecular weight excluding hydrogens is 297 g/mol. The highest BCUT2D eigenvalue weighted by molar-refractivity contribution is 7.20. The summed E-state index contributed by atoms with van der Waals surface area (Å²) in [6.45, 7) is 5.61. The summed E-state index contributed by atoms with van der Waals surface area (Å²) in [4.78, 5) is 0. The number of rotatable bonds is 5. The van der Waals surface area contributed by atoms with E-state index in [1.165, 1.54) is 42.6 Å². The van der Waals surface area contributed by atoms with E-state index in [1.807, 2.05) is 0 Å². The summed E-state index contributed by atoms with van der Waals surface area (Å²) >= 11 is 14.0. The molecule has 1 aliphatic rings. The van der Waals surface area contributed by atoms with Crippen LogP contribution in [-0.4, -0.2) is 6.54 Å². The highest BCUT2D eigenvalue weighted by atomic mass is 35.5. The van der Waals surface area contributed by atoms with Crippen molar-refractivity contribution in [2.24, 2.45) is 11.8 Å². The first-order chi connectivity index (χ1) is 9.11. The van der Waals surface area contributed by atoms with Gasteiger partial charge in [-0.05, 0) is 43.7 Å². The molecule has 4 heteroatoms. The van der Waals surface area contributed by atoms with Crippen LogP contribution in [0.25, 0.3) is 0 Å². The van der Waals surface area contributed by atoms with Gasteiger partial charge in [0.05, 0.1) is 8.67 Å². The van der Waals surface area contributed by atoms with Crippen molar-refractivity contribution in [1.82, 2.24) is 5.32 Å². The third-order valence-electron chi connectivity index (χ3n) is 4.08. The lowest BCUT2D eigenvalue weighted by molar-refractivity contribution is 0.224. The van der Waals surface area contributed by atoms with E-state index < -0.39 is 0 Å². The number of thiophene rings is 1. The SMILES string of the molecule is CCCNC(c1cc(Cl)sc1Cl)C1CCCC(C)C1. The molecule has 1 fully saturated rings. The van der Waals surface area contributed by atoms with Crippen LogP contribution in [0.2, 0.25) is 8.67 Å². The standard InChI is InChI=1S/C15H23Cl2NS/c1-3-7-18-14(11-6-4-5-10(2)8-11)12-9-13(16)19-15(12)17/h9-11,14,18H,3-8H2,1-2H3. The van der Waals surface area contributed by atoms with Crippen LogP contribution >= 0.6 is 34.5 Å². The van der Waals surface area contributed by atoms with Crippen LogP contribution in [0.15, 0.2) is 6.07 Å². The minimum Gasteiger partial charge on any atom is -0.310 e. The maximum atomic E-state index is 6.37. The second kappa shape index (κ2) is 7.31. The Morgan fingerprint density at radius 2 is 2.21 bits per heavy atom. The first kappa shape index (κ1) is 15.6. The average Bonchev–Trinajstić information content (AvgIpc) is 2.69. The summed E-state index contributed by atoms with van der Waals surface area (Å²) in [5.41, 5.74) is 1.21. The van der Waals surface area contributed by atoms with Crippen LogP contribution in [0.4, 0.5) is 0 Å². The Bertz CT molecular complexity index is 405. The Balaban J connectivity index is 2.17. The lowest BCUT2D eigenvalue weighted by atomic mass is 9.77. The van der Waals surface area contributed by atoms with E-state index in [4.69, 9.17) is 23.2 Å². The molecule has 2 rings (SSSR count). The smallest absolute Gasteiger partial charge is 0.0992 e. The molecule has 3 unspecified atom stereocenters. The molecule has 0 aromatic carbocycles. The molecule has 1 N–H and O–H groups in total. The third kappa shape index (κ3) is 4.10. The van der Waals surface area contributed by atoms with Crippen LogP contribution in [0.3, 0.4) is 0 Å². The maximum absolute atomic E-state index is 6.37. The van der Waals surface area contributed by atoms with E-state index in [0.29, 0.717) is 12.0 Å². The van der Waals surface area contributed by atoms with E-state index in [2.05, 4.69) is 25.2 Å². The van der Waals surface area contributed by atoms with E-state index in [9.17, 15) is 0 Å². The topological polar surface area (TPSA) is 12.0 Å². The van der Waals surface area contributed by atoms with Gasteiger partial charge >= 0.3 is 0 Å². The lowest BCUT2D eigenvalue weighted by Crippen LogP contribution is -2.31. The first-order valence-electron chi connectivity index (χ1n) is 7.30. The summed E-state index contributed by atoms with van der Waals surface area (Å²) in [5, 5.41) is 3.69. The quantitative estimate of drug-likeness (QED) is 0.710. The van der Waals surface area contributed by atoms with Crippen molar-refractivity contribution >= 4 is 34.5 Å². The van der Waals surface area contributed by atoms with Crippen molar-refractivity contribution in [2.45, 2.75) is 52.0 Å². The van der Waals surface area contributed by atoms with Crippen LogP contribution in [0.1, 0.15) is 57.6 Å². The molecule has 1 saturated carbocycles. The van der Waals surface area contributed by atoms with Crippen molar-refractivity contribution in [3.8, 4) is 0 Å². The van der Waals surface area contributed by atoms with E-state index in [1.54, 1.807) is 0 Å². The zero-order chi connectivity index (χ0) is 13.8. The fraction of sp³-hybridized carbons (Fsp3) is 0.733. The monoisotopic (exact) mass is 319 g/mol. The van der Waals surface area contributed by atoms with Gasteiger partial charge < -0.3 is 5.32 Å². The molecule has 1 nitrogen and oxygen atoms in total. The predicted molar refractivity (Wildman–Crippen MR) is 86.5 cm³/mol. The van der Waals surface area contributed by atoms with Crippen LogP contribution < -0.4 is 5.32 Å². The van der Waals surface area contributed by atoms with Crippen LogP contribution in [0, 0.1) is 11.8 Å². The fourth-order valence-electron chi connectivity index (χ4n) is 3.18. The van der Waals surface area contributed by atoms with Gasteiger partial charge in [0.2, 0.25) is 0 Å². The highest BCUT2D eigenvalue weighted by Crippen LogP contribution is 2.42. The van der Waals surface area contributed by atoms with Crippen molar-refractivity contribution in [2.75, 3.05) is 6.54 Å². The van der Waals surface area contributed by atoms with Crippen molar-refractivity contribution in [1.29, 1.82) is 0 Å². The largest absolute Gasteiger partial charge is 0.310 e. The van der Waals surface area contributed by atoms with E-state index in [0.717, 1.165) is 27.6 Å². The molecule has 0 spiro atoms. The zero-order valence-electron chi connectivity index (χ0n) is 11.7. The number of hydrogen-bond acceptors (Lipinski definition) is 2. The van der Waals surface area contributed by atoms with Gasteiger partial charge in [-0.1, -0.05) is 49.9 Å². The number of hydrogen-bond donors (Lipinski definition) is 1. The molecular formula is C15H23Cl2NS. The zero-order valence-corrected chi connectivity index (χ0v) is 14.0. The molecule has 3 atom stereocenters. The molecule has 1 aliphatic carbocycles. The Kier molecular flexibility index (Phi) is 6.01. The normalized spacial score (nSPS) is 25.5. The summed E-state index contributed by atoms with van der Waals surface area (Å²) in [6, 6.07) is 2.43. The molecule has 1 aromatic rings. The van der Waals surface area contributed by atoms with Gasteiger partial charge in [0.1, 0.15) is 0 Å². The minimum absolute atomic E-state index is 0.374. The Morgan fingerprint density at radius 1 is 1.42 bits per heavy atom. The average molecular weight is 320 g/mol.